The minimum absolute atomic E-state index is 0.0193. The average Bonchev–Trinajstić information content (AvgIpc) is 3.36. The van der Waals surface area contributed by atoms with Crippen LogP contribution in [0.15, 0.2) is 48.5 Å². The number of hydrogen-bond acceptors (Lipinski definition) is 10. The number of likely N-dealkylation sites (tertiary alicyclic amines) is 2. The Morgan fingerprint density at radius 3 is 1.95 bits per heavy atom. The molecule has 2 amide bonds. The molecule has 4 rings (SSSR count). The molecule has 2 aromatic rings. The monoisotopic (exact) mass is 558 g/mol. The van der Waals surface area contributed by atoms with Gasteiger partial charge in [0.25, 0.3) is 11.4 Å². The number of aliphatic hydroxyl groups excluding tert-OH is 2. The average molecular weight is 559 g/mol. The maximum Gasteiger partial charge on any atom is 0.410 e. The summed E-state index contributed by atoms with van der Waals surface area (Å²) in [6.07, 6.45) is -1.84. The van der Waals surface area contributed by atoms with Gasteiger partial charge in [0.2, 0.25) is 0 Å². The first kappa shape index (κ1) is 28.7. The summed E-state index contributed by atoms with van der Waals surface area (Å²) in [5, 5.41) is 43.1. The Labute approximate surface area is 229 Å². The van der Waals surface area contributed by atoms with Gasteiger partial charge in [-0.2, -0.15) is 0 Å². The number of hydrogen-bond donors (Lipinski definition) is 2. The molecule has 2 N–H and O–H groups in total. The van der Waals surface area contributed by atoms with Crippen molar-refractivity contribution in [2.75, 3.05) is 19.6 Å². The lowest BCUT2D eigenvalue weighted by molar-refractivity contribution is -0.385. The highest BCUT2D eigenvalue weighted by molar-refractivity contribution is 5.69. The first-order valence-corrected chi connectivity index (χ1v) is 12.8. The minimum atomic E-state index is -1.03. The van der Waals surface area contributed by atoms with Crippen LogP contribution in [0.1, 0.15) is 30.4 Å². The van der Waals surface area contributed by atoms with E-state index in [9.17, 15) is 40.0 Å². The summed E-state index contributed by atoms with van der Waals surface area (Å²) in [6, 6.07) is 10.5. The van der Waals surface area contributed by atoms with Crippen molar-refractivity contribution in [2.45, 2.75) is 50.7 Å². The van der Waals surface area contributed by atoms with Gasteiger partial charge in [-0.05, 0) is 54.7 Å². The quantitative estimate of drug-likeness (QED) is 0.360. The molecule has 0 bridgehead atoms. The van der Waals surface area contributed by atoms with Crippen molar-refractivity contribution in [3.05, 3.63) is 79.9 Å². The summed E-state index contributed by atoms with van der Waals surface area (Å²) < 4.78 is 10.7. The molecule has 40 heavy (non-hydrogen) atoms. The van der Waals surface area contributed by atoms with E-state index in [4.69, 9.17) is 9.47 Å². The van der Waals surface area contributed by atoms with Gasteiger partial charge in [0.1, 0.15) is 13.2 Å². The van der Waals surface area contributed by atoms with E-state index in [-0.39, 0.29) is 50.0 Å². The second kappa shape index (κ2) is 12.7. The van der Waals surface area contributed by atoms with Crippen LogP contribution in [0.3, 0.4) is 0 Å². The fraction of sp³-hybridized carbons (Fsp3) is 0.462. The fourth-order valence-electron chi connectivity index (χ4n) is 5.04. The number of non-ortho nitro benzene ring substituents is 2. The molecule has 2 saturated heterocycles. The summed E-state index contributed by atoms with van der Waals surface area (Å²) in [6.45, 7) is 0.400. The molecular weight excluding hydrogens is 528 g/mol. The number of nitrogens with zero attached hydrogens (tertiary/aromatic N) is 4. The molecule has 0 aromatic heterocycles. The predicted octanol–water partition coefficient (Wildman–Crippen LogP) is 2.98. The Morgan fingerprint density at radius 2 is 1.43 bits per heavy atom. The van der Waals surface area contributed by atoms with Crippen LogP contribution in [0.25, 0.3) is 0 Å². The summed E-state index contributed by atoms with van der Waals surface area (Å²) in [7, 11) is 0. The van der Waals surface area contributed by atoms with Crippen molar-refractivity contribution in [3.8, 4) is 0 Å². The summed E-state index contributed by atoms with van der Waals surface area (Å²) in [4.78, 5) is 48.9. The number of nitro benzene ring substituents is 2. The third kappa shape index (κ3) is 7.01. The van der Waals surface area contributed by atoms with Crippen LogP contribution in [0, 0.1) is 26.1 Å². The molecule has 0 radical (unpaired) electrons. The molecule has 214 valence electrons. The number of benzene rings is 2. The molecule has 2 aliphatic rings. The van der Waals surface area contributed by atoms with Crippen molar-refractivity contribution >= 4 is 23.6 Å². The highest BCUT2D eigenvalue weighted by atomic mass is 16.6. The lowest BCUT2D eigenvalue weighted by Crippen LogP contribution is -2.51. The normalized spacial score (nSPS) is 21.5. The van der Waals surface area contributed by atoms with E-state index in [0.29, 0.717) is 30.5 Å². The second-order valence-corrected chi connectivity index (χ2v) is 9.90. The minimum Gasteiger partial charge on any atom is -0.445 e. The smallest absolute Gasteiger partial charge is 0.410 e. The van der Waals surface area contributed by atoms with Gasteiger partial charge >= 0.3 is 12.2 Å². The number of piperidine rings is 1. The molecule has 0 aliphatic carbocycles. The molecule has 0 saturated carbocycles. The number of ether oxygens (including phenoxy) is 2. The SMILES string of the molecule is O=C(OCc1ccc([N+](=O)[O-])cc1)N1CCCC(C(O)[C@@H]2C[C@@H](O)CN2C(=O)OCc2ccc([N+](=O)[O-])cc2)C1. The van der Waals surface area contributed by atoms with Gasteiger partial charge in [0.05, 0.1) is 34.6 Å². The standard InChI is InChI=1S/C26H30N4O10/c31-22-12-23(28(14-22)26(34)40-16-18-5-9-21(10-6-18)30(37)38)24(32)19-2-1-11-27(13-19)25(33)39-15-17-3-7-20(8-4-17)29(35)36/h3-10,19,22-24,31-32H,1-2,11-16H2/t19?,22-,23+,24?/m1/s1. The Hall–Kier alpha value is -4.30. The van der Waals surface area contributed by atoms with Crippen LogP contribution in [-0.2, 0) is 22.7 Å². The van der Waals surface area contributed by atoms with Gasteiger partial charge in [-0.3, -0.25) is 25.1 Å². The summed E-state index contributed by atoms with van der Waals surface area (Å²) >= 11 is 0. The third-order valence-corrected chi connectivity index (χ3v) is 7.17. The van der Waals surface area contributed by atoms with Crippen LogP contribution in [0.5, 0.6) is 0 Å². The van der Waals surface area contributed by atoms with E-state index >= 15 is 0 Å². The topological polar surface area (TPSA) is 186 Å². The summed E-state index contributed by atoms with van der Waals surface area (Å²) in [5.74, 6) is -0.374. The highest BCUT2D eigenvalue weighted by Gasteiger charge is 2.43. The van der Waals surface area contributed by atoms with E-state index in [1.807, 2.05) is 0 Å². The zero-order valence-electron chi connectivity index (χ0n) is 21.5. The van der Waals surface area contributed by atoms with Gasteiger partial charge < -0.3 is 24.6 Å². The van der Waals surface area contributed by atoms with Crippen LogP contribution in [0.4, 0.5) is 21.0 Å². The lowest BCUT2D eigenvalue weighted by atomic mass is 9.87. The molecule has 2 heterocycles. The van der Waals surface area contributed by atoms with Crippen molar-refractivity contribution in [1.82, 2.24) is 9.80 Å². The number of amides is 2. The molecular formula is C26H30N4O10. The van der Waals surface area contributed by atoms with Crippen molar-refractivity contribution in [2.24, 2.45) is 5.92 Å². The zero-order chi connectivity index (χ0) is 28.8. The van der Waals surface area contributed by atoms with Gasteiger partial charge in [-0.25, -0.2) is 9.59 Å². The first-order valence-electron chi connectivity index (χ1n) is 12.8. The van der Waals surface area contributed by atoms with Crippen LogP contribution >= 0.6 is 0 Å². The Bertz CT molecular complexity index is 1220. The number of β-amino-alcohol motifs (C(OH)–C–C–N with tert-alkyl or cyclic N) is 1. The fourth-order valence-corrected chi connectivity index (χ4v) is 5.04. The molecule has 2 aromatic carbocycles. The van der Waals surface area contributed by atoms with Gasteiger partial charge in [0.15, 0.2) is 0 Å². The molecule has 14 nitrogen and oxygen atoms in total. The van der Waals surface area contributed by atoms with Crippen molar-refractivity contribution < 1.29 is 39.1 Å². The number of nitro groups is 2. The van der Waals surface area contributed by atoms with Crippen LogP contribution in [-0.4, -0.2) is 79.9 Å². The Balaban J connectivity index is 1.31. The molecule has 14 heteroatoms. The molecule has 2 aliphatic heterocycles. The van der Waals surface area contributed by atoms with Crippen LogP contribution in [0.2, 0.25) is 0 Å². The van der Waals surface area contributed by atoms with E-state index in [1.54, 1.807) is 0 Å². The number of rotatable bonds is 8. The number of carbonyl (C=O) groups is 2. The predicted molar refractivity (Wildman–Crippen MR) is 138 cm³/mol. The van der Waals surface area contributed by atoms with E-state index in [2.05, 4.69) is 0 Å². The van der Waals surface area contributed by atoms with Crippen molar-refractivity contribution in [1.29, 1.82) is 0 Å². The van der Waals surface area contributed by atoms with Crippen LogP contribution < -0.4 is 0 Å². The van der Waals surface area contributed by atoms with Crippen molar-refractivity contribution in [3.63, 3.8) is 0 Å². The van der Waals surface area contributed by atoms with E-state index in [1.165, 1.54) is 58.3 Å². The molecule has 2 unspecified atom stereocenters. The number of aliphatic hydroxyl groups is 2. The van der Waals surface area contributed by atoms with Gasteiger partial charge in [0, 0.05) is 43.3 Å². The zero-order valence-corrected chi connectivity index (χ0v) is 21.5. The van der Waals surface area contributed by atoms with Gasteiger partial charge in [-0.15, -0.1) is 0 Å². The van der Waals surface area contributed by atoms with Gasteiger partial charge in [-0.1, -0.05) is 0 Å². The van der Waals surface area contributed by atoms with E-state index in [0.717, 1.165) is 0 Å². The Kier molecular flexibility index (Phi) is 9.11. The van der Waals surface area contributed by atoms with E-state index < -0.39 is 40.3 Å². The second-order valence-electron chi connectivity index (χ2n) is 9.90. The maximum absolute atomic E-state index is 12.8. The summed E-state index contributed by atoms with van der Waals surface area (Å²) in [5.41, 5.74) is 0.989. The number of carbonyl (C=O) groups excluding carboxylic acids is 2. The first-order chi connectivity index (χ1) is 19.1. The Morgan fingerprint density at radius 1 is 0.900 bits per heavy atom. The highest BCUT2D eigenvalue weighted by Crippen LogP contribution is 2.30. The molecule has 2 fully saturated rings. The largest absolute Gasteiger partial charge is 0.445 e. The third-order valence-electron chi connectivity index (χ3n) is 7.17. The lowest BCUT2D eigenvalue weighted by Gasteiger charge is -2.38. The maximum atomic E-state index is 12.8. The molecule has 0 spiro atoms. The molecule has 4 atom stereocenters.